The summed E-state index contributed by atoms with van der Waals surface area (Å²) in [5, 5.41) is 7.00. The normalized spacial score (nSPS) is 20.9. The van der Waals surface area contributed by atoms with Gasteiger partial charge in [-0.05, 0) is 78.0 Å². The molecule has 0 atom stereocenters. The number of rotatable bonds is 11. The van der Waals surface area contributed by atoms with Crippen molar-refractivity contribution in [1.82, 2.24) is 20.4 Å². The molecule has 1 saturated heterocycles. The van der Waals surface area contributed by atoms with Crippen molar-refractivity contribution in [3.8, 4) is 0 Å². The van der Waals surface area contributed by atoms with Gasteiger partial charge in [0, 0.05) is 45.9 Å². The Kier molecular flexibility index (Phi) is 14.5. The minimum Gasteiger partial charge on any atom is -0.382 e. The summed E-state index contributed by atoms with van der Waals surface area (Å²) in [7, 11) is 2.23. The highest BCUT2D eigenvalue weighted by Crippen LogP contribution is 2.41. The van der Waals surface area contributed by atoms with Gasteiger partial charge in [0.15, 0.2) is 5.96 Å². The lowest BCUT2D eigenvalue weighted by atomic mass is 9.83. The number of halogens is 1. The van der Waals surface area contributed by atoms with E-state index in [1.54, 1.807) is 0 Å². The lowest BCUT2D eigenvalue weighted by Crippen LogP contribution is -2.40. The molecule has 0 aromatic carbocycles. The molecule has 0 aromatic heterocycles. The maximum Gasteiger partial charge on any atom is 0.191 e. The number of aliphatic imine (C=N–C) groups is 1. The van der Waals surface area contributed by atoms with E-state index >= 15 is 0 Å². The minimum absolute atomic E-state index is 0. The van der Waals surface area contributed by atoms with Crippen molar-refractivity contribution in [2.75, 3.05) is 72.6 Å². The van der Waals surface area contributed by atoms with Gasteiger partial charge >= 0.3 is 0 Å². The van der Waals surface area contributed by atoms with Crippen LogP contribution in [0.3, 0.4) is 0 Å². The molecule has 29 heavy (non-hydrogen) atoms. The summed E-state index contributed by atoms with van der Waals surface area (Å²) in [6.07, 6.45) is 8.89. The van der Waals surface area contributed by atoms with Crippen molar-refractivity contribution in [2.45, 2.75) is 58.8 Å². The molecule has 172 valence electrons. The largest absolute Gasteiger partial charge is 0.382 e. The van der Waals surface area contributed by atoms with E-state index < -0.39 is 0 Å². The van der Waals surface area contributed by atoms with Crippen LogP contribution in [0.4, 0.5) is 0 Å². The van der Waals surface area contributed by atoms with Crippen LogP contribution >= 0.6 is 24.0 Å². The van der Waals surface area contributed by atoms with E-state index in [2.05, 4.69) is 41.3 Å². The zero-order valence-electron chi connectivity index (χ0n) is 19.2. The van der Waals surface area contributed by atoms with Crippen LogP contribution in [0.1, 0.15) is 58.8 Å². The van der Waals surface area contributed by atoms with Gasteiger partial charge < -0.3 is 25.2 Å². The van der Waals surface area contributed by atoms with Crippen molar-refractivity contribution in [2.24, 2.45) is 10.4 Å². The van der Waals surface area contributed by atoms with Crippen LogP contribution in [0.5, 0.6) is 0 Å². The molecule has 1 aliphatic carbocycles. The third-order valence-electron chi connectivity index (χ3n) is 6.32. The summed E-state index contributed by atoms with van der Waals surface area (Å²) in [5.74, 6) is 0.987. The zero-order chi connectivity index (χ0) is 20.1. The van der Waals surface area contributed by atoms with E-state index in [-0.39, 0.29) is 24.0 Å². The quantitative estimate of drug-likeness (QED) is 0.189. The van der Waals surface area contributed by atoms with Crippen LogP contribution < -0.4 is 10.6 Å². The highest BCUT2D eigenvalue weighted by molar-refractivity contribution is 14.0. The van der Waals surface area contributed by atoms with Crippen molar-refractivity contribution in [3.63, 3.8) is 0 Å². The van der Waals surface area contributed by atoms with Crippen LogP contribution in [0.15, 0.2) is 4.99 Å². The topological polar surface area (TPSA) is 52.1 Å². The van der Waals surface area contributed by atoms with Crippen molar-refractivity contribution in [3.05, 3.63) is 0 Å². The summed E-state index contributed by atoms with van der Waals surface area (Å²) < 4.78 is 5.64. The van der Waals surface area contributed by atoms with Gasteiger partial charge in [-0.3, -0.25) is 4.99 Å². The number of hydrogen-bond acceptors (Lipinski definition) is 4. The number of likely N-dealkylation sites (N-methyl/N-ethyl adjacent to an activating group) is 1. The molecule has 7 heteroatoms. The van der Waals surface area contributed by atoms with Gasteiger partial charge in [0.05, 0.1) is 0 Å². The predicted molar refractivity (Wildman–Crippen MR) is 135 cm³/mol. The van der Waals surface area contributed by atoms with Crippen LogP contribution in [0.25, 0.3) is 0 Å². The Hall–Kier alpha value is -0.120. The van der Waals surface area contributed by atoms with E-state index in [1.165, 1.54) is 71.2 Å². The van der Waals surface area contributed by atoms with E-state index in [1.807, 2.05) is 0 Å². The molecule has 0 spiro atoms. The average molecular weight is 524 g/mol. The second-order valence-electron chi connectivity index (χ2n) is 8.63. The molecule has 2 rings (SSSR count). The second-order valence-corrected chi connectivity index (χ2v) is 8.63. The van der Waals surface area contributed by atoms with E-state index in [0.29, 0.717) is 5.41 Å². The fourth-order valence-corrected chi connectivity index (χ4v) is 4.47. The standard InChI is InChI=1S/C22H45N5O.HI/c1-4-23-21(24-13-8-15-27-16-9-14-26(3)17-18-27)25-20-22(10-6-7-11-22)12-19-28-5-2;/h4-20H2,1-3H3,(H2,23,24,25);1H. The van der Waals surface area contributed by atoms with Gasteiger partial charge in [-0.2, -0.15) is 0 Å². The molecular weight excluding hydrogens is 477 g/mol. The number of hydrogen-bond donors (Lipinski definition) is 2. The van der Waals surface area contributed by atoms with Crippen LogP contribution in [-0.2, 0) is 4.74 Å². The predicted octanol–water partition coefficient (Wildman–Crippen LogP) is 3.17. The van der Waals surface area contributed by atoms with Gasteiger partial charge in [-0.1, -0.05) is 12.8 Å². The first-order valence-corrected chi connectivity index (χ1v) is 11.7. The highest BCUT2D eigenvalue weighted by atomic mass is 127. The summed E-state index contributed by atoms with van der Waals surface area (Å²) >= 11 is 0. The maximum absolute atomic E-state index is 5.64. The number of nitrogens with one attached hydrogen (secondary N) is 2. The molecule has 2 aliphatic rings. The molecule has 0 unspecified atom stereocenters. The smallest absolute Gasteiger partial charge is 0.191 e. The first-order valence-electron chi connectivity index (χ1n) is 11.7. The molecule has 0 radical (unpaired) electrons. The molecule has 1 saturated carbocycles. The number of nitrogens with zero attached hydrogens (tertiary/aromatic N) is 3. The van der Waals surface area contributed by atoms with Crippen molar-refractivity contribution < 1.29 is 4.74 Å². The number of ether oxygens (including phenoxy) is 1. The van der Waals surface area contributed by atoms with Crippen molar-refractivity contribution in [1.29, 1.82) is 0 Å². The molecule has 2 N–H and O–H groups in total. The molecule has 0 bridgehead atoms. The van der Waals surface area contributed by atoms with Crippen LogP contribution in [0, 0.1) is 5.41 Å². The summed E-state index contributed by atoms with van der Waals surface area (Å²) in [4.78, 5) is 10.0. The molecule has 1 aliphatic heterocycles. The zero-order valence-corrected chi connectivity index (χ0v) is 21.5. The van der Waals surface area contributed by atoms with Crippen molar-refractivity contribution >= 4 is 29.9 Å². The fourth-order valence-electron chi connectivity index (χ4n) is 4.47. The van der Waals surface area contributed by atoms with E-state index in [4.69, 9.17) is 9.73 Å². The first kappa shape index (κ1) is 26.9. The maximum atomic E-state index is 5.64. The van der Waals surface area contributed by atoms with Gasteiger partial charge in [0.25, 0.3) is 0 Å². The third-order valence-corrected chi connectivity index (χ3v) is 6.32. The minimum atomic E-state index is 0. The van der Waals surface area contributed by atoms with E-state index in [0.717, 1.165) is 45.2 Å². The summed E-state index contributed by atoms with van der Waals surface area (Å²) in [6, 6.07) is 0. The molecule has 0 amide bonds. The first-order chi connectivity index (χ1) is 13.7. The fraction of sp³-hybridized carbons (Fsp3) is 0.955. The Balaban J connectivity index is 0.00000420. The van der Waals surface area contributed by atoms with Gasteiger partial charge in [0.1, 0.15) is 0 Å². The lowest BCUT2D eigenvalue weighted by Gasteiger charge is -2.27. The lowest BCUT2D eigenvalue weighted by molar-refractivity contribution is 0.107. The Morgan fingerprint density at radius 1 is 1.03 bits per heavy atom. The average Bonchev–Trinajstić information content (AvgIpc) is 3.06. The molecule has 0 aromatic rings. The monoisotopic (exact) mass is 523 g/mol. The second kappa shape index (κ2) is 15.6. The SMILES string of the molecule is CCNC(=NCC1(CCOCC)CCCC1)NCCCN1CCCN(C)CC1.I. The van der Waals surface area contributed by atoms with Gasteiger partial charge in [-0.25, -0.2) is 0 Å². The Bertz CT molecular complexity index is 443. The number of guanidine groups is 1. The van der Waals surface area contributed by atoms with Gasteiger partial charge in [-0.15, -0.1) is 24.0 Å². The molecular formula is C22H46IN5O. The Morgan fingerprint density at radius 3 is 2.55 bits per heavy atom. The van der Waals surface area contributed by atoms with Crippen LogP contribution in [-0.4, -0.2) is 88.4 Å². The Labute approximate surface area is 196 Å². The molecule has 1 heterocycles. The highest BCUT2D eigenvalue weighted by Gasteiger charge is 2.33. The summed E-state index contributed by atoms with van der Waals surface area (Å²) in [5.41, 5.74) is 0.357. The summed E-state index contributed by atoms with van der Waals surface area (Å²) in [6.45, 7) is 14.8. The van der Waals surface area contributed by atoms with E-state index in [9.17, 15) is 0 Å². The molecule has 2 fully saturated rings. The third kappa shape index (κ3) is 10.6. The van der Waals surface area contributed by atoms with Gasteiger partial charge in [0.2, 0.25) is 0 Å². The molecule has 6 nitrogen and oxygen atoms in total. The van der Waals surface area contributed by atoms with Crippen LogP contribution in [0.2, 0.25) is 0 Å². The Morgan fingerprint density at radius 2 is 1.83 bits per heavy atom.